The zero-order valence-electron chi connectivity index (χ0n) is 60.5. The van der Waals surface area contributed by atoms with Gasteiger partial charge in [0.1, 0.15) is 25.4 Å². The molecule has 0 amide bonds. The summed E-state index contributed by atoms with van der Waals surface area (Å²) >= 11 is 0. The summed E-state index contributed by atoms with van der Waals surface area (Å²) < 4.78 is 60.8. The van der Waals surface area contributed by atoms with Gasteiger partial charge in [0.25, 0.3) is 0 Å². The minimum absolute atomic E-state index is 0.0409. The first-order valence-corrected chi connectivity index (χ1v) is 40.5. The molecule has 18 heteroatoms. The van der Waals surface area contributed by atoms with E-state index in [4.69, 9.17) is 32.3 Å². The summed E-state index contributed by atoms with van der Waals surface area (Å²) in [7, 11) is -9.80. The third kappa shape index (κ3) is 72.8. The van der Waals surface area contributed by atoms with E-state index in [0.29, 0.717) is 25.7 Å². The highest BCUT2D eigenvalue weighted by molar-refractivity contribution is 7.47. The molecule has 0 aliphatic heterocycles. The topological polar surface area (TPSA) is 231 Å². The number of carbonyl (C=O) groups excluding carboxylic acids is 3. The molecule has 0 bridgehead atoms. The number of hydrogen-bond donors (Lipinski definition) is 4. The van der Waals surface area contributed by atoms with Crippen molar-refractivity contribution < 1.29 is 75.8 Å². The van der Waals surface area contributed by atoms with E-state index in [0.717, 1.165) is 109 Å². The van der Waals surface area contributed by atoms with Crippen molar-refractivity contribution in [3.8, 4) is 0 Å². The highest BCUT2D eigenvalue weighted by Crippen LogP contribution is 2.45. The van der Waals surface area contributed by atoms with Crippen molar-refractivity contribution in [2.45, 2.75) is 309 Å². The summed E-state index contributed by atoms with van der Waals surface area (Å²) in [4.78, 5) is 58.3. The highest BCUT2D eigenvalue weighted by atomic mass is 31.2. The molecule has 556 valence electrons. The Morgan fingerprint density at radius 3 is 0.969 bits per heavy atom. The summed E-state index contributed by atoms with van der Waals surface area (Å²) in [5.41, 5.74) is 0. The first-order chi connectivity index (χ1) is 47.2. The Hall–Kier alpha value is -4.31. The zero-order valence-corrected chi connectivity index (χ0v) is 62.2. The van der Waals surface area contributed by atoms with Crippen LogP contribution in [0.15, 0.2) is 134 Å². The molecule has 0 aromatic heterocycles. The quantitative estimate of drug-likeness (QED) is 0.0146. The van der Waals surface area contributed by atoms with Crippen molar-refractivity contribution >= 4 is 33.6 Å². The fourth-order valence-electron chi connectivity index (χ4n) is 9.62. The van der Waals surface area contributed by atoms with Crippen molar-refractivity contribution in [2.75, 3.05) is 39.6 Å². The second kappa shape index (κ2) is 71.5. The fourth-order valence-corrected chi connectivity index (χ4v) is 11.2. The molecule has 0 aliphatic carbocycles. The Labute approximate surface area is 588 Å². The number of allylic oxidation sites excluding steroid dienone is 22. The number of esters is 3. The van der Waals surface area contributed by atoms with Gasteiger partial charge in [-0.1, -0.05) is 283 Å². The van der Waals surface area contributed by atoms with Crippen LogP contribution in [0.1, 0.15) is 290 Å². The molecule has 0 radical (unpaired) electrons. The predicted molar refractivity (Wildman–Crippen MR) is 399 cm³/mol. The average molecular weight is 1400 g/mol. The second-order valence-corrected chi connectivity index (χ2v) is 27.6. The van der Waals surface area contributed by atoms with Crippen molar-refractivity contribution in [3.63, 3.8) is 0 Å². The van der Waals surface area contributed by atoms with Gasteiger partial charge in [0.15, 0.2) is 6.10 Å². The Kier molecular flexibility index (Phi) is 68.3. The molecule has 5 unspecified atom stereocenters. The molecule has 0 aromatic rings. The molecule has 0 heterocycles. The lowest BCUT2D eigenvalue weighted by Gasteiger charge is -2.21. The van der Waals surface area contributed by atoms with Crippen LogP contribution >= 0.6 is 15.6 Å². The van der Waals surface area contributed by atoms with Crippen LogP contribution in [0, 0.1) is 0 Å². The normalized spacial score (nSPS) is 14.8. The summed E-state index contributed by atoms with van der Waals surface area (Å²) in [5, 5.41) is 20.6. The first kappa shape index (κ1) is 92.7. The molecule has 0 rings (SSSR count). The second-order valence-electron chi connectivity index (χ2n) is 24.7. The van der Waals surface area contributed by atoms with Crippen LogP contribution in [0.3, 0.4) is 0 Å². The maximum atomic E-state index is 12.9. The minimum atomic E-state index is -4.94. The largest absolute Gasteiger partial charge is 0.472 e. The third-order valence-corrected chi connectivity index (χ3v) is 17.2. The van der Waals surface area contributed by atoms with E-state index < -0.39 is 91.5 Å². The lowest BCUT2D eigenvalue weighted by Crippen LogP contribution is -2.30. The van der Waals surface area contributed by atoms with Gasteiger partial charge in [0, 0.05) is 19.3 Å². The van der Waals surface area contributed by atoms with Gasteiger partial charge in [0.05, 0.1) is 26.4 Å². The van der Waals surface area contributed by atoms with Gasteiger partial charge in [-0.2, -0.15) is 0 Å². The van der Waals surface area contributed by atoms with E-state index in [1.807, 2.05) is 18.2 Å². The Balaban J connectivity index is 4.45. The molecule has 97 heavy (non-hydrogen) atoms. The summed E-state index contributed by atoms with van der Waals surface area (Å²) in [6.45, 7) is 2.38. The van der Waals surface area contributed by atoms with Gasteiger partial charge in [-0.25, -0.2) is 9.13 Å². The minimum Gasteiger partial charge on any atom is -0.463 e. The van der Waals surface area contributed by atoms with Gasteiger partial charge >= 0.3 is 33.6 Å². The lowest BCUT2D eigenvalue weighted by atomic mass is 10.0. The molecule has 0 aromatic carbocycles. The summed E-state index contributed by atoms with van der Waals surface area (Å²) in [6, 6.07) is 0. The molecule has 5 atom stereocenters. The first-order valence-electron chi connectivity index (χ1n) is 37.5. The number of phosphoric acid groups is 2. The lowest BCUT2D eigenvalue weighted by molar-refractivity contribution is -0.161. The smallest absolute Gasteiger partial charge is 0.463 e. The van der Waals surface area contributed by atoms with E-state index in [1.54, 1.807) is 0 Å². The van der Waals surface area contributed by atoms with Crippen LogP contribution < -0.4 is 0 Å². The van der Waals surface area contributed by atoms with Gasteiger partial charge in [-0.3, -0.25) is 32.5 Å². The molecule has 4 N–H and O–H groups in total. The molecular formula is C79H134O16P2. The maximum Gasteiger partial charge on any atom is 0.472 e. The number of carbonyl (C=O) groups is 3. The van der Waals surface area contributed by atoms with Crippen molar-refractivity contribution in [1.29, 1.82) is 0 Å². The molecular weight excluding hydrogens is 1270 g/mol. The standard InChI is InChI=1S/C79H134O16P2/c1-4-7-10-13-16-19-22-24-26-28-30-31-32-33-34-35-36-37-38-39-40-41-43-45-46-48-51-53-56-59-62-65-77(82)89-68-74(80)69-91-96(85,86)92-70-75(81)71-93-97(87,88)94-73-76(95-79(84)67-64-61-58-55-50-21-18-15-12-9-6-3)72-90-78(83)66-63-60-57-54-52-49-47-44-42-29-27-25-23-20-17-14-11-8-5-2/h8,11,15-20,24-27,30-31,33-34,42,44,49,52,57,60,74-76,80-81H,4-7,9-10,12-14,21-23,28-29,32,35-41,43,45-48,50-51,53-56,58-59,61-73H2,1-3H3,(H,85,86)(H,87,88)/b11-8-,18-15-,19-16-,20-17-,26-24-,27-25-,31-30-,34-33-,44-42-,52-49-,60-57-. The van der Waals surface area contributed by atoms with Crippen LogP contribution in [0.25, 0.3) is 0 Å². The van der Waals surface area contributed by atoms with E-state index in [9.17, 15) is 43.5 Å². The fraction of sp³-hybridized carbons (Fsp3) is 0.684. The molecule has 0 spiro atoms. The zero-order chi connectivity index (χ0) is 70.9. The van der Waals surface area contributed by atoms with Gasteiger partial charge in [-0.15, -0.1) is 0 Å². The molecule has 0 saturated carbocycles. The van der Waals surface area contributed by atoms with E-state index >= 15 is 0 Å². The number of aliphatic hydroxyl groups excluding tert-OH is 2. The molecule has 0 aliphatic rings. The van der Waals surface area contributed by atoms with Crippen molar-refractivity contribution in [1.82, 2.24) is 0 Å². The molecule has 16 nitrogen and oxygen atoms in total. The molecule has 0 fully saturated rings. The number of unbranched alkanes of at least 4 members (excludes halogenated alkanes) is 25. The number of phosphoric ester groups is 2. The van der Waals surface area contributed by atoms with E-state index in [2.05, 4.69) is 136 Å². The van der Waals surface area contributed by atoms with E-state index in [1.165, 1.54) is 116 Å². The average Bonchev–Trinajstić information content (AvgIpc) is 3.19. The van der Waals surface area contributed by atoms with Crippen LogP contribution in [-0.4, -0.2) is 95.9 Å². The Morgan fingerprint density at radius 2 is 0.577 bits per heavy atom. The Morgan fingerprint density at radius 1 is 0.299 bits per heavy atom. The highest BCUT2D eigenvalue weighted by Gasteiger charge is 2.29. The SMILES string of the molecule is CC/C=C\C/C=C\C/C=C\C/C=C\C/C=C\C/C=C\CCC(=O)OCC(COP(=O)(O)OCC(O)COP(=O)(O)OCC(O)COC(=O)CCCCCCCCCCCCCCCCC/C=C\C/C=C\C/C=C\C/C=C\CCCCC)OC(=O)CCCCCCC/C=C\CCCC. The number of rotatable bonds is 70. The van der Waals surface area contributed by atoms with Gasteiger partial charge in [-0.05, 0) is 122 Å². The number of aliphatic hydroxyl groups is 2. The van der Waals surface area contributed by atoms with Crippen LogP contribution in [0.4, 0.5) is 0 Å². The van der Waals surface area contributed by atoms with Gasteiger partial charge < -0.3 is 34.2 Å². The van der Waals surface area contributed by atoms with Crippen LogP contribution in [0.2, 0.25) is 0 Å². The van der Waals surface area contributed by atoms with Crippen LogP contribution in [0.5, 0.6) is 0 Å². The van der Waals surface area contributed by atoms with Gasteiger partial charge in [0.2, 0.25) is 0 Å². The van der Waals surface area contributed by atoms with Crippen molar-refractivity contribution in [2.24, 2.45) is 0 Å². The van der Waals surface area contributed by atoms with E-state index in [-0.39, 0.29) is 19.3 Å². The maximum absolute atomic E-state index is 12.9. The predicted octanol–water partition coefficient (Wildman–Crippen LogP) is 21.5. The Bertz CT molecular complexity index is 2300. The van der Waals surface area contributed by atoms with Crippen LogP contribution in [-0.2, 0) is 55.8 Å². The number of hydrogen-bond acceptors (Lipinski definition) is 14. The summed E-state index contributed by atoms with van der Waals surface area (Å²) in [6.07, 6.45) is 85.5. The monoisotopic (exact) mass is 1400 g/mol. The molecule has 0 saturated heterocycles. The van der Waals surface area contributed by atoms with Crippen molar-refractivity contribution in [3.05, 3.63) is 134 Å². The summed E-state index contributed by atoms with van der Waals surface area (Å²) in [5.74, 6) is -1.69. The number of ether oxygens (including phenoxy) is 3. The third-order valence-electron chi connectivity index (χ3n) is 15.3.